The van der Waals surface area contributed by atoms with Gasteiger partial charge in [0, 0.05) is 11.8 Å². The van der Waals surface area contributed by atoms with Gasteiger partial charge in [0.1, 0.15) is 17.4 Å². The molecule has 0 radical (unpaired) electrons. The number of phenols is 2. The molecule has 0 aliphatic rings. The number of halogens is 1. The lowest BCUT2D eigenvalue weighted by molar-refractivity contribution is -0.386. The van der Waals surface area contributed by atoms with Crippen LogP contribution in [0.2, 0.25) is 0 Å². The highest BCUT2D eigenvalue weighted by Gasteiger charge is 2.18. The number of carbonyl (C=O) groups is 1. The zero-order valence-corrected chi connectivity index (χ0v) is 14.0. The minimum atomic E-state index is -0.778. The van der Waals surface area contributed by atoms with E-state index in [1.807, 2.05) is 0 Å². The smallest absolute Gasteiger partial charge is 0.312 e. The van der Waals surface area contributed by atoms with Gasteiger partial charge in [-0.1, -0.05) is 0 Å². The Morgan fingerprint density at radius 1 is 1.28 bits per heavy atom. The van der Waals surface area contributed by atoms with Crippen LogP contribution >= 0.6 is 15.9 Å². The molecule has 2 aromatic carbocycles. The highest BCUT2D eigenvalue weighted by molar-refractivity contribution is 9.10. The number of benzene rings is 2. The SMILES string of the molecule is N#CC(=Cc1cc(Br)c(O)c([N+](=O)[O-])c1)C(=O)Nc1ccc(O)cc1. The number of hydrogen-bond acceptors (Lipinski definition) is 6. The number of nitro groups is 1. The van der Waals surface area contributed by atoms with Crippen LogP contribution in [0.5, 0.6) is 11.5 Å². The van der Waals surface area contributed by atoms with Gasteiger partial charge < -0.3 is 15.5 Å². The summed E-state index contributed by atoms with van der Waals surface area (Å²) in [4.78, 5) is 22.3. The fraction of sp³-hybridized carbons (Fsp3) is 0. The van der Waals surface area contributed by atoms with Crippen LogP contribution in [0.1, 0.15) is 5.56 Å². The van der Waals surface area contributed by atoms with E-state index in [0.29, 0.717) is 5.69 Å². The van der Waals surface area contributed by atoms with E-state index < -0.39 is 22.3 Å². The van der Waals surface area contributed by atoms with E-state index in [-0.39, 0.29) is 21.4 Å². The molecule has 0 saturated heterocycles. The number of rotatable bonds is 4. The predicted octanol–water partition coefficient (Wildman–Crippen LogP) is 3.31. The lowest BCUT2D eigenvalue weighted by atomic mass is 10.1. The van der Waals surface area contributed by atoms with Crippen LogP contribution in [0.25, 0.3) is 6.08 Å². The van der Waals surface area contributed by atoms with Gasteiger partial charge in [0.2, 0.25) is 5.75 Å². The van der Waals surface area contributed by atoms with Crippen molar-refractivity contribution in [1.82, 2.24) is 0 Å². The Labute approximate surface area is 149 Å². The first kappa shape index (κ1) is 18.0. The van der Waals surface area contributed by atoms with Gasteiger partial charge in [-0.05, 0) is 57.9 Å². The van der Waals surface area contributed by atoms with Crippen molar-refractivity contribution in [2.24, 2.45) is 0 Å². The van der Waals surface area contributed by atoms with Crippen LogP contribution in [0, 0.1) is 21.4 Å². The van der Waals surface area contributed by atoms with Crippen molar-refractivity contribution in [2.75, 3.05) is 5.32 Å². The van der Waals surface area contributed by atoms with Gasteiger partial charge >= 0.3 is 5.69 Å². The first-order chi connectivity index (χ1) is 11.8. The van der Waals surface area contributed by atoms with Gasteiger partial charge in [-0.15, -0.1) is 0 Å². The molecule has 0 fully saturated rings. The molecule has 0 aliphatic carbocycles. The second kappa shape index (κ2) is 7.46. The zero-order chi connectivity index (χ0) is 18.6. The summed E-state index contributed by atoms with van der Waals surface area (Å²) in [6.07, 6.45) is 1.16. The van der Waals surface area contributed by atoms with Crippen molar-refractivity contribution < 1.29 is 19.9 Å². The van der Waals surface area contributed by atoms with E-state index in [0.717, 1.165) is 12.1 Å². The number of aromatic hydroxyl groups is 2. The topological polar surface area (TPSA) is 136 Å². The maximum atomic E-state index is 12.1. The molecule has 0 saturated carbocycles. The van der Waals surface area contributed by atoms with Gasteiger partial charge in [-0.25, -0.2) is 0 Å². The summed E-state index contributed by atoms with van der Waals surface area (Å²) in [5.41, 5.74) is -0.299. The Hall–Kier alpha value is -3.38. The molecule has 126 valence electrons. The van der Waals surface area contributed by atoms with Crippen molar-refractivity contribution in [3.05, 3.63) is 62.1 Å². The maximum absolute atomic E-state index is 12.1. The number of phenolic OH excluding ortho intramolecular Hbond substituents is 2. The molecule has 3 N–H and O–H groups in total. The number of amides is 1. The summed E-state index contributed by atoms with van der Waals surface area (Å²) in [5.74, 6) is -1.25. The zero-order valence-electron chi connectivity index (χ0n) is 12.4. The highest BCUT2D eigenvalue weighted by Crippen LogP contribution is 2.35. The third-order valence-corrected chi connectivity index (χ3v) is 3.67. The fourth-order valence-electron chi connectivity index (χ4n) is 1.89. The van der Waals surface area contributed by atoms with Gasteiger partial charge in [-0.3, -0.25) is 14.9 Å². The Kier molecular flexibility index (Phi) is 5.36. The molecule has 0 unspecified atom stereocenters. The molecule has 0 bridgehead atoms. The van der Waals surface area contributed by atoms with Crippen molar-refractivity contribution >= 4 is 39.3 Å². The number of nitrogens with zero attached hydrogens (tertiary/aromatic N) is 2. The van der Waals surface area contributed by atoms with Crippen LogP contribution in [0.3, 0.4) is 0 Å². The van der Waals surface area contributed by atoms with Crippen LogP contribution in [0.4, 0.5) is 11.4 Å². The molecular weight excluding hydrogens is 394 g/mol. The van der Waals surface area contributed by atoms with Gasteiger partial charge in [0.25, 0.3) is 5.91 Å². The third-order valence-electron chi connectivity index (χ3n) is 3.06. The summed E-state index contributed by atoms with van der Waals surface area (Å²) in [7, 11) is 0. The van der Waals surface area contributed by atoms with Crippen LogP contribution in [0.15, 0.2) is 46.4 Å². The first-order valence-corrected chi connectivity index (χ1v) is 7.50. The maximum Gasteiger partial charge on any atom is 0.312 e. The third kappa shape index (κ3) is 4.33. The molecule has 2 rings (SSSR count). The number of anilines is 1. The summed E-state index contributed by atoms with van der Waals surface area (Å²) in [6.45, 7) is 0. The Morgan fingerprint density at radius 3 is 2.48 bits per heavy atom. The Bertz CT molecular complexity index is 917. The molecule has 9 heteroatoms. The molecule has 2 aromatic rings. The molecule has 8 nitrogen and oxygen atoms in total. The molecule has 0 aromatic heterocycles. The van der Waals surface area contributed by atoms with E-state index in [2.05, 4.69) is 21.2 Å². The normalized spacial score (nSPS) is 10.8. The van der Waals surface area contributed by atoms with E-state index in [9.17, 15) is 25.1 Å². The van der Waals surface area contributed by atoms with Crippen molar-refractivity contribution in [3.8, 4) is 17.6 Å². The minimum Gasteiger partial charge on any atom is -0.508 e. The van der Waals surface area contributed by atoms with Crippen LogP contribution in [-0.4, -0.2) is 21.0 Å². The predicted molar refractivity (Wildman–Crippen MR) is 92.8 cm³/mol. The Balaban J connectivity index is 2.34. The molecule has 0 spiro atoms. The van der Waals surface area contributed by atoms with Crippen LogP contribution in [-0.2, 0) is 4.79 Å². The first-order valence-electron chi connectivity index (χ1n) is 6.71. The van der Waals surface area contributed by atoms with Gasteiger partial charge in [0.05, 0.1) is 9.40 Å². The van der Waals surface area contributed by atoms with E-state index >= 15 is 0 Å². The number of nitro benzene ring substituents is 1. The minimum absolute atomic E-state index is 0.0234. The summed E-state index contributed by atoms with van der Waals surface area (Å²) in [5, 5.41) is 41.4. The van der Waals surface area contributed by atoms with E-state index in [4.69, 9.17) is 5.26 Å². The molecule has 25 heavy (non-hydrogen) atoms. The van der Waals surface area contributed by atoms with Gasteiger partial charge in [0.15, 0.2) is 0 Å². The number of nitrogens with one attached hydrogen (secondary N) is 1. The summed E-state index contributed by atoms with van der Waals surface area (Å²) in [6, 6.07) is 9.74. The number of carbonyl (C=O) groups excluding carboxylic acids is 1. The van der Waals surface area contributed by atoms with Gasteiger partial charge in [-0.2, -0.15) is 5.26 Å². The van der Waals surface area contributed by atoms with Crippen molar-refractivity contribution in [1.29, 1.82) is 5.26 Å². The quantitative estimate of drug-likeness (QED) is 0.235. The second-order valence-electron chi connectivity index (χ2n) is 4.80. The van der Waals surface area contributed by atoms with E-state index in [1.165, 1.54) is 30.3 Å². The lowest BCUT2D eigenvalue weighted by Crippen LogP contribution is -2.13. The molecular formula is C16H10BrN3O5. The molecule has 0 atom stereocenters. The fourth-order valence-corrected chi connectivity index (χ4v) is 2.35. The van der Waals surface area contributed by atoms with E-state index in [1.54, 1.807) is 6.07 Å². The largest absolute Gasteiger partial charge is 0.508 e. The second-order valence-corrected chi connectivity index (χ2v) is 5.65. The number of nitriles is 1. The monoisotopic (exact) mass is 403 g/mol. The lowest BCUT2D eigenvalue weighted by Gasteiger charge is -2.05. The standard InChI is InChI=1S/C16H10BrN3O5/c17-13-6-9(7-14(15(13)22)20(24)25)5-10(8-18)16(23)19-11-1-3-12(21)4-2-11/h1-7,21-22H,(H,19,23). The summed E-state index contributed by atoms with van der Waals surface area (Å²) < 4.78 is 0.0594. The number of hydrogen-bond donors (Lipinski definition) is 3. The molecule has 0 aliphatic heterocycles. The molecule has 1 amide bonds. The van der Waals surface area contributed by atoms with Crippen LogP contribution < -0.4 is 5.32 Å². The summed E-state index contributed by atoms with van der Waals surface area (Å²) >= 11 is 2.98. The highest BCUT2D eigenvalue weighted by atomic mass is 79.9. The molecule has 0 heterocycles. The average Bonchev–Trinajstić information content (AvgIpc) is 2.57. The average molecular weight is 404 g/mol. The Morgan fingerprint density at radius 2 is 1.92 bits per heavy atom. The van der Waals surface area contributed by atoms with Crippen molar-refractivity contribution in [2.45, 2.75) is 0 Å². The van der Waals surface area contributed by atoms with Crippen molar-refractivity contribution in [3.63, 3.8) is 0 Å².